The van der Waals surface area contributed by atoms with E-state index in [0.717, 1.165) is 16.6 Å². The maximum absolute atomic E-state index is 12.2. The van der Waals surface area contributed by atoms with Gasteiger partial charge >= 0.3 is 11.4 Å². The Kier molecular flexibility index (Phi) is 4.95. The van der Waals surface area contributed by atoms with Crippen LogP contribution in [0.5, 0.6) is 0 Å². The van der Waals surface area contributed by atoms with Crippen LogP contribution in [0.3, 0.4) is 0 Å². The first kappa shape index (κ1) is 16.3. The lowest BCUT2D eigenvalue weighted by Gasteiger charge is -2.16. The molecule has 1 aliphatic heterocycles. The Labute approximate surface area is 138 Å². The van der Waals surface area contributed by atoms with Gasteiger partial charge in [-0.2, -0.15) is 0 Å². The summed E-state index contributed by atoms with van der Waals surface area (Å²) in [5, 5.41) is 4.33. The van der Waals surface area contributed by atoms with Gasteiger partial charge in [-0.3, -0.25) is 4.79 Å². The number of ether oxygens (including phenoxy) is 1. The Morgan fingerprint density at radius 2 is 1.88 bits per heavy atom. The second-order valence-corrected chi connectivity index (χ2v) is 5.94. The van der Waals surface area contributed by atoms with Crippen LogP contribution in [0.1, 0.15) is 12.0 Å². The molecule has 1 fully saturated rings. The molecule has 128 valence electrons. The summed E-state index contributed by atoms with van der Waals surface area (Å²) >= 11 is 0. The summed E-state index contributed by atoms with van der Waals surface area (Å²) in [6.45, 7) is 2.11. The van der Waals surface area contributed by atoms with Gasteiger partial charge in [-0.25, -0.2) is 24.4 Å². The second-order valence-electron chi connectivity index (χ2n) is 5.94. The fourth-order valence-electron chi connectivity index (χ4n) is 2.83. The Balaban J connectivity index is 1.46. The molecule has 8 nitrogen and oxygen atoms in total. The van der Waals surface area contributed by atoms with Crippen LogP contribution in [0.25, 0.3) is 0 Å². The third-order valence-corrected chi connectivity index (χ3v) is 4.16. The number of nitrogens with zero attached hydrogens (tertiary/aromatic N) is 2. The SMILES string of the molecule is O=C(Cn1c(=O)[nH][nH]c1=O)N1CCC(COCc2ccccc2)C1. The molecule has 1 atom stereocenters. The summed E-state index contributed by atoms with van der Waals surface area (Å²) in [7, 11) is 0. The van der Waals surface area contributed by atoms with Crippen molar-refractivity contribution in [2.24, 2.45) is 5.92 Å². The van der Waals surface area contributed by atoms with Crippen molar-refractivity contribution in [1.82, 2.24) is 19.7 Å². The molecule has 24 heavy (non-hydrogen) atoms. The van der Waals surface area contributed by atoms with E-state index < -0.39 is 11.4 Å². The standard InChI is InChI=1S/C16H20N4O4/c21-14(9-20-15(22)17-18-16(20)23)19-7-6-13(8-19)11-24-10-12-4-2-1-3-5-12/h1-5,13H,6-11H2,(H,17,22)(H,18,23). The first-order valence-corrected chi connectivity index (χ1v) is 7.90. The van der Waals surface area contributed by atoms with Crippen LogP contribution in [0.2, 0.25) is 0 Å². The maximum atomic E-state index is 12.2. The Hall–Kier alpha value is -2.61. The number of aromatic nitrogens is 3. The molecule has 0 radical (unpaired) electrons. The number of aromatic amines is 2. The molecule has 2 heterocycles. The Morgan fingerprint density at radius 3 is 2.58 bits per heavy atom. The first-order valence-electron chi connectivity index (χ1n) is 7.90. The molecule has 1 unspecified atom stereocenters. The smallest absolute Gasteiger partial charge is 0.344 e. The topological polar surface area (TPSA) is 100 Å². The van der Waals surface area contributed by atoms with Crippen molar-refractivity contribution in [2.75, 3.05) is 19.7 Å². The van der Waals surface area contributed by atoms with Crippen LogP contribution < -0.4 is 11.4 Å². The predicted octanol–water partition coefficient (Wildman–Crippen LogP) is -0.0700. The average Bonchev–Trinajstić information content (AvgIpc) is 3.18. The summed E-state index contributed by atoms with van der Waals surface area (Å²) < 4.78 is 6.59. The van der Waals surface area contributed by atoms with E-state index in [-0.39, 0.29) is 18.4 Å². The number of carbonyl (C=O) groups excluding carboxylic acids is 1. The number of likely N-dealkylation sites (tertiary alicyclic amines) is 1. The largest absolute Gasteiger partial charge is 0.376 e. The molecule has 1 aromatic carbocycles. The summed E-state index contributed by atoms with van der Waals surface area (Å²) in [4.78, 5) is 36.7. The molecule has 1 aliphatic rings. The molecule has 8 heteroatoms. The number of hydrogen-bond donors (Lipinski definition) is 2. The van der Waals surface area contributed by atoms with E-state index in [9.17, 15) is 14.4 Å². The highest BCUT2D eigenvalue weighted by Gasteiger charge is 2.27. The summed E-state index contributed by atoms with van der Waals surface area (Å²) in [5.74, 6) is 0.0478. The lowest BCUT2D eigenvalue weighted by molar-refractivity contribution is -0.131. The predicted molar refractivity (Wildman–Crippen MR) is 86.5 cm³/mol. The van der Waals surface area contributed by atoms with Crippen molar-refractivity contribution in [3.8, 4) is 0 Å². The van der Waals surface area contributed by atoms with Crippen LogP contribution in [0, 0.1) is 5.92 Å². The zero-order valence-corrected chi connectivity index (χ0v) is 13.2. The van der Waals surface area contributed by atoms with Gasteiger partial charge in [-0.05, 0) is 12.0 Å². The number of benzene rings is 1. The zero-order chi connectivity index (χ0) is 16.9. The lowest BCUT2D eigenvalue weighted by atomic mass is 10.1. The highest BCUT2D eigenvalue weighted by Crippen LogP contribution is 2.17. The van der Waals surface area contributed by atoms with E-state index in [1.807, 2.05) is 30.3 Å². The monoisotopic (exact) mass is 332 g/mol. The fourth-order valence-corrected chi connectivity index (χ4v) is 2.83. The minimum atomic E-state index is -0.602. The number of rotatable bonds is 6. The van der Waals surface area contributed by atoms with Gasteiger partial charge in [0.25, 0.3) is 0 Å². The molecule has 0 saturated carbocycles. The van der Waals surface area contributed by atoms with Crippen molar-refractivity contribution in [1.29, 1.82) is 0 Å². The molecular weight excluding hydrogens is 312 g/mol. The molecule has 1 amide bonds. The molecule has 0 spiro atoms. The molecule has 3 rings (SSSR count). The molecule has 1 aromatic heterocycles. The first-order chi connectivity index (χ1) is 11.6. The minimum Gasteiger partial charge on any atom is -0.376 e. The lowest BCUT2D eigenvalue weighted by Crippen LogP contribution is -2.38. The fraction of sp³-hybridized carbons (Fsp3) is 0.438. The molecule has 2 aromatic rings. The molecule has 2 N–H and O–H groups in total. The van der Waals surface area contributed by atoms with Crippen LogP contribution in [-0.4, -0.2) is 45.3 Å². The van der Waals surface area contributed by atoms with Crippen molar-refractivity contribution in [3.05, 3.63) is 56.9 Å². The van der Waals surface area contributed by atoms with Crippen LogP contribution >= 0.6 is 0 Å². The number of nitrogens with one attached hydrogen (secondary N) is 2. The van der Waals surface area contributed by atoms with Gasteiger partial charge < -0.3 is 9.64 Å². The van der Waals surface area contributed by atoms with Gasteiger partial charge in [-0.1, -0.05) is 30.3 Å². The van der Waals surface area contributed by atoms with Gasteiger partial charge in [0, 0.05) is 19.0 Å². The Morgan fingerprint density at radius 1 is 1.17 bits per heavy atom. The van der Waals surface area contributed by atoms with Crippen molar-refractivity contribution < 1.29 is 9.53 Å². The van der Waals surface area contributed by atoms with E-state index in [4.69, 9.17) is 4.74 Å². The molecule has 0 bridgehead atoms. The normalized spacial score (nSPS) is 17.3. The summed E-state index contributed by atoms with van der Waals surface area (Å²) in [6.07, 6.45) is 0.860. The van der Waals surface area contributed by atoms with E-state index in [0.29, 0.717) is 26.3 Å². The van der Waals surface area contributed by atoms with E-state index in [1.165, 1.54) is 0 Å². The molecular formula is C16H20N4O4. The minimum absolute atomic E-state index is 0.229. The van der Waals surface area contributed by atoms with Gasteiger partial charge in [-0.15, -0.1) is 0 Å². The van der Waals surface area contributed by atoms with Gasteiger partial charge in [0.05, 0.1) is 13.2 Å². The molecule has 1 saturated heterocycles. The van der Waals surface area contributed by atoms with Crippen LogP contribution in [0.15, 0.2) is 39.9 Å². The summed E-state index contributed by atoms with van der Waals surface area (Å²) in [6, 6.07) is 9.93. The van der Waals surface area contributed by atoms with E-state index in [1.54, 1.807) is 4.90 Å². The number of carbonyl (C=O) groups is 1. The third-order valence-electron chi connectivity index (χ3n) is 4.16. The van der Waals surface area contributed by atoms with E-state index >= 15 is 0 Å². The van der Waals surface area contributed by atoms with Crippen LogP contribution in [-0.2, 0) is 22.7 Å². The number of hydrogen-bond acceptors (Lipinski definition) is 4. The van der Waals surface area contributed by atoms with Crippen molar-refractivity contribution in [2.45, 2.75) is 19.6 Å². The second kappa shape index (κ2) is 7.31. The third kappa shape index (κ3) is 3.83. The van der Waals surface area contributed by atoms with Gasteiger partial charge in [0.1, 0.15) is 6.54 Å². The maximum Gasteiger partial charge on any atom is 0.344 e. The highest BCUT2D eigenvalue weighted by molar-refractivity contribution is 5.76. The number of H-pyrrole nitrogens is 2. The van der Waals surface area contributed by atoms with E-state index in [2.05, 4.69) is 10.2 Å². The molecule has 0 aliphatic carbocycles. The van der Waals surface area contributed by atoms with Gasteiger partial charge in [0.2, 0.25) is 5.91 Å². The van der Waals surface area contributed by atoms with Crippen molar-refractivity contribution in [3.63, 3.8) is 0 Å². The van der Waals surface area contributed by atoms with Crippen LogP contribution in [0.4, 0.5) is 0 Å². The summed E-state index contributed by atoms with van der Waals surface area (Å²) in [5.41, 5.74) is -0.0833. The Bertz CT molecular complexity index is 765. The number of amides is 1. The zero-order valence-electron chi connectivity index (χ0n) is 13.2. The average molecular weight is 332 g/mol. The van der Waals surface area contributed by atoms with Crippen molar-refractivity contribution >= 4 is 5.91 Å². The quantitative estimate of drug-likeness (QED) is 0.773. The van der Waals surface area contributed by atoms with Gasteiger partial charge in [0.15, 0.2) is 0 Å². The highest BCUT2D eigenvalue weighted by atomic mass is 16.5.